The van der Waals surface area contributed by atoms with Crippen LogP contribution in [0.2, 0.25) is 0 Å². The van der Waals surface area contributed by atoms with Gasteiger partial charge in [-0.25, -0.2) is 9.79 Å². The molecule has 0 bridgehead atoms. The summed E-state index contributed by atoms with van der Waals surface area (Å²) in [6, 6.07) is 15.0. The van der Waals surface area contributed by atoms with Crippen LogP contribution in [0.15, 0.2) is 59.2 Å². The van der Waals surface area contributed by atoms with E-state index in [0.29, 0.717) is 23.3 Å². The highest BCUT2D eigenvalue weighted by molar-refractivity contribution is 8.15. The zero-order valence-corrected chi connectivity index (χ0v) is 20.9. The largest absolute Gasteiger partial charge is 0.338 e. The van der Waals surface area contributed by atoms with Gasteiger partial charge in [-0.05, 0) is 56.0 Å². The first-order valence-electron chi connectivity index (χ1n) is 11.3. The van der Waals surface area contributed by atoms with Gasteiger partial charge in [0.05, 0.1) is 10.9 Å². The Hall–Kier alpha value is -3.39. The zero-order valence-electron chi connectivity index (χ0n) is 20.1. The Labute approximate surface area is 204 Å². The van der Waals surface area contributed by atoms with Crippen LogP contribution < -0.4 is 15.5 Å². The zero-order chi connectivity index (χ0) is 24.8. The molecule has 1 unspecified atom stereocenters. The number of benzene rings is 2. The molecule has 0 aromatic heterocycles. The topological polar surface area (TPSA) is 90.9 Å². The summed E-state index contributed by atoms with van der Waals surface area (Å²) < 4.78 is 0. The fraction of sp³-hybridized carbons (Fsp3) is 0.308. The summed E-state index contributed by atoms with van der Waals surface area (Å²) in [6.07, 6.45) is 1.75. The lowest BCUT2D eigenvalue weighted by atomic mass is 10.0. The Balaban J connectivity index is 1.89. The van der Waals surface area contributed by atoms with Crippen molar-refractivity contribution < 1.29 is 14.4 Å². The van der Waals surface area contributed by atoms with Crippen molar-refractivity contribution in [2.75, 3.05) is 11.4 Å². The number of amides is 4. The van der Waals surface area contributed by atoms with E-state index >= 15 is 0 Å². The number of nitrogens with one attached hydrogen (secondary N) is 2. The monoisotopic (exact) mass is 478 g/mol. The molecule has 0 saturated carbocycles. The van der Waals surface area contributed by atoms with Crippen molar-refractivity contribution >= 4 is 46.5 Å². The fourth-order valence-electron chi connectivity index (χ4n) is 3.26. The highest BCUT2D eigenvalue weighted by Crippen LogP contribution is 2.31. The van der Waals surface area contributed by atoms with Crippen molar-refractivity contribution in [3.63, 3.8) is 0 Å². The molecule has 2 aromatic carbocycles. The second-order valence-electron chi connectivity index (χ2n) is 8.33. The second-order valence-corrected chi connectivity index (χ2v) is 9.64. The van der Waals surface area contributed by atoms with Crippen LogP contribution >= 0.6 is 11.8 Å². The van der Waals surface area contributed by atoms with Crippen LogP contribution in [0.5, 0.6) is 0 Å². The third kappa shape index (κ3) is 6.14. The van der Waals surface area contributed by atoms with Gasteiger partial charge in [0.2, 0.25) is 5.91 Å². The minimum Gasteiger partial charge on any atom is -0.338 e. The maximum Gasteiger partial charge on any atom is 0.321 e. The third-order valence-corrected chi connectivity index (χ3v) is 6.31. The van der Waals surface area contributed by atoms with Crippen molar-refractivity contribution in [2.45, 2.75) is 45.8 Å². The number of hydrogen-bond acceptors (Lipinski definition) is 5. The van der Waals surface area contributed by atoms with Gasteiger partial charge in [-0.15, -0.1) is 0 Å². The van der Waals surface area contributed by atoms with E-state index in [1.807, 2.05) is 55.5 Å². The maximum atomic E-state index is 13.4. The van der Waals surface area contributed by atoms with E-state index in [1.165, 1.54) is 10.5 Å². The molecule has 2 N–H and O–H groups in total. The van der Waals surface area contributed by atoms with Crippen LogP contribution in [-0.4, -0.2) is 34.8 Å². The molecule has 2 aromatic rings. The van der Waals surface area contributed by atoms with Crippen LogP contribution in [0.1, 0.15) is 50.3 Å². The minimum atomic E-state index is -0.647. The average molecular weight is 479 g/mol. The number of hydrogen-bond donors (Lipinski definition) is 2. The molecule has 1 aliphatic heterocycles. The Bertz CT molecular complexity index is 1120. The van der Waals surface area contributed by atoms with Crippen LogP contribution in [0.25, 0.3) is 6.08 Å². The van der Waals surface area contributed by atoms with Crippen molar-refractivity contribution in [2.24, 2.45) is 4.99 Å². The summed E-state index contributed by atoms with van der Waals surface area (Å²) in [5.74, 6) is -0.313. The van der Waals surface area contributed by atoms with E-state index in [0.717, 1.165) is 22.9 Å². The molecule has 0 spiro atoms. The number of anilines is 1. The number of aryl methyl sites for hydroxylation is 1. The number of imide groups is 1. The van der Waals surface area contributed by atoms with E-state index in [-0.39, 0.29) is 11.6 Å². The molecule has 178 valence electrons. The van der Waals surface area contributed by atoms with Gasteiger partial charge in [0, 0.05) is 6.54 Å². The van der Waals surface area contributed by atoms with Gasteiger partial charge in [0.15, 0.2) is 5.17 Å². The molecule has 0 radical (unpaired) electrons. The maximum absolute atomic E-state index is 13.4. The quantitative estimate of drug-likeness (QED) is 0.582. The number of carbonyl (C=O) groups is 3. The van der Waals surface area contributed by atoms with Crippen molar-refractivity contribution in [1.29, 1.82) is 0 Å². The summed E-state index contributed by atoms with van der Waals surface area (Å²) in [7, 11) is 0. The number of carbonyl (C=O) groups excluding carboxylic acids is 3. The van der Waals surface area contributed by atoms with E-state index in [4.69, 9.17) is 0 Å². The van der Waals surface area contributed by atoms with Crippen molar-refractivity contribution in [3.8, 4) is 0 Å². The summed E-state index contributed by atoms with van der Waals surface area (Å²) in [5.41, 5.74) is 4.10. The first kappa shape index (κ1) is 25.2. The molecule has 1 heterocycles. The van der Waals surface area contributed by atoms with Crippen molar-refractivity contribution in [1.82, 2.24) is 10.6 Å². The fourth-order valence-corrected chi connectivity index (χ4v) is 4.19. The minimum absolute atomic E-state index is 0.268. The van der Waals surface area contributed by atoms with E-state index in [1.54, 1.807) is 19.9 Å². The highest BCUT2D eigenvalue weighted by atomic mass is 32.2. The highest BCUT2D eigenvalue weighted by Gasteiger charge is 2.34. The SMILES string of the molecule is CCNC(=O)NC(=O)C(C)SC1=N/C(=C\c2ccc(C(C)C)cc2)C(=O)N1c1ccc(C)cc1. The summed E-state index contributed by atoms with van der Waals surface area (Å²) >= 11 is 1.13. The Morgan fingerprint density at radius 2 is 1.71 bits per heavy atom. The van der Waals surface area contributed by atoms with Gasteiger partial charge in [0.25, 0.3) is 5.91 Å². The third-order valence-electron chi connectivity index (χ3n) is 5.25. The van der Waals surface area contributed by atoms with Gasteiger partial charge in [-0.2, -0.15) is 0 Å². The van der Waals surface area contributed by atoms with E-state index in [9.17, 15) is 14.4 Å². The average Bonchev–Trinajstić information content (AvgIpc) is 3.09. The van der Waals surface area contributed by atoms with Crippen LogP contribution in [-0.2, 0) is 9.59 Å². The number of rotatable bonds is 6. The normalized spacial score (nSPS) is 15.5. The lowest BCUT2D eigenvalue weighted by molar-refractivity contribution is -0.119. The molecule has 0 aliphatic carbocycles. The number of urea groups is 1. The summed E-state index contributed by atoms with van der Waals surface area (Å²) in [4.78, 5) is 43.7. The molecule has 0 saturated heterocycles. The second kappa shape index (κ2) is 11.2. The standard InChI is InChI=1S/C26H30N4O3S/c1-6-27-25(33)29-23(31)18(5)34-26-28-22(15-19-9-11-20(12-10-19)16(2)3)24(32)30(26)21-13-7-17(4)8-14-21/h7-16,18H,6H2,1-5H3,(H2,27,29,31,33)/b22-15-. The number of aliphatic imine (C=N–C) groups is 1. The molecule has 8 heteroatoms. The van der Waals surface area contributed by atoms with Gasteiger partial charge in [-0.1, -0.05) is 67.6 Å². The number of thioether (sulfide) groups is 1. The first-order chi connectivity index (χ1) is 16.2. The summed E-state index contributed by atoms with van der Waals surface area (Å²) in [6.45, 7) is 10.1. The van der Waals surface area contributed by atoms with Gasteiger partial charge in [-0.3, -0.25) is 19.8 Å². The molecule has 0 fully saturated rings. The molecule has 34 heavy (non-hydrogen) atoms. The Kier molecular flexibility index (Phi) is 8.28. The van der Waals surface area contributed by atoms with Gasteiger partial charge >= 0.3 is 6.03 Å². The molecule has 1 atom stereocenters. The summed E-state index contributed by atoms with van der Waals surface area (Å²) in [5, 5.41) is 4.58. The molecule has 4 amide bonds. The molecular weight excluding hydrogens is 448 g/mol. The van der Waals surface area contributed by atoms with E-state index < -0.39 is 17.2 Å². The predicted octanol–water partition coefficient (Wildman–Crippen LogP) is 4.83. The van der Waals surface area contributed by atoms with Gasteiger partial charge in [0.1, 0.15) is 5.70 Å². The first-order valence-corrected chi connectivity index (χ1v) is 12.1. The Morgan fingerprint density at radius 3 is 2.29 bits per heavy atom. The smallest absolute Gasteiger partial charge is 0.321 e. The molecule has 3 rings (SSSR count). The Morgan fingerprint density at radius 1 is 1.06 bits per heavy atom. The van der Waals surface area contributed by atoms with Crippen LogP contribution in [0.3, 0.4) is 0 Å². The molecular formula is C26H30N4O3S. The lowest BCUT2D eigenvalue weighted by Gasteiger charge is -2.20. The molecule has 1 aliphatic rings. The van der Waals surface area contributed by atoms with Crippen LogP contribution in [0, 0.1) is 6.92 Å². The van der Waals surface area contributed by atoms with Crippen LogP contribution in [0.4, 0.5) is 10.5 Å². The van der Waals surface area contributed by atoms with E-state index in [2.05, 4.69) is 29.5 Å². The van der Waals surface area contributed by atoms with Gasteiger partial charge < -0.3 is 5.32 Å². The number of amidine groups is 1. The molecule has 7 nitrogen and oxygen atoms in total. The van der Waals surface area contributed by atoms with Crippen molar-refractivity contribution in [3.05, 3.63) is 70.9 Å². The lowest BCUT2D eigenvalue weighted by Crippen LogP contribution is -2.43. The predicted molar refractivity (Wildman–Crippen MR) is 139 cm³/mol. The number of nitrogens with zero attached hydrogens (tertiary/aromatic N) is 2.